The minimum Gasteiger partial charge on any atom is -0.495 e. The molecule has 0 saturated carbocycles. The number of hydrogen-bond acceptors (Lipinski definition) is 4. The van der Waals surface area contributed by atoms with Crippen molar-refractivity contribution in [1.82, 2.24) is 14.8 Å². The van der Waals surface area contributed by atoms with Gasteiger partial charge in [0.1, 0.15) is 18.0 Å². The van der Waals surface area contributed by atoms with E-state index in [0.717, 1.165) is 31.1 Å². The number of para-hydroxylation sites is 2. The topological polar surface area (TPSA) is 92.7 Å². The summed E-state index contributed by atoms with van der Waals surface area (Å²) >= 11 is 2.26. The van der Waals surface area contributed by atoms with Crippen LogP contribution in [-0.2, 0) is 9.59 Å². The molecule has 0 aliphatic carbocycles. The largest absolute Gasteiger partial charge is 0.495 e. The number of nitrogens with one attached hydrogen (secondary N) is 2. The fraction of sp³-hybridized carbons (Fsp3) is 0.160. The second-order valence-corrected chi connectivity index (χ2v) is 9.01. The van der Waals surface area contributed by atoms with Crippen LogP contribution in [0.25, 0.3) is 11.8 Å². The number of carbonyl (C=O) groups is 3. The highest BCUT2D eigenvalue weighted by molar-refractivity contribution is 14.1. The molecule has 1 fully saturated rings. The molecule has 0 bridgehead atoms. The number of hydrogen-bond donors (Lipinski definition) is 2. The number of rotatable bonds is 6. The van der Waals surface area contributed by atoms with Gasteiger partial charge in [0.05, 0.1) is 12.8 Å². The summed E-state index contributed by atoms with van der Waals surface area (Å²) in [6, 6.07) is 16.3. The minimum atomic E-state index is -0.641. The monoisotopic (exact) mass is 570 g/mol. The van der Waals surface area contributed by atoms with Crippen LogP contribution in [0.4, 0.5) is 10.5 Å². The quantitative estimate of drug-likeness (QED) is 0.264. The zero-order chi connectivity index (χ0) is 24.4. The fourth-order valence-electron chi connectivity index (χ4n) is 3.87. The van der Waals surface area contributed by atoms with Crippen LogP contribution in [0.2, 0.25) is 0 Å². The predicted molar refractivity (Wildman–Crippen MR) is 138 cm³/mol. The highest BCUT2D eigenvalue weighted by Gasteiger charge is 2.35. The number of benzene rings is 2. The van der Waals surface area contributed by atoms with Crippen LogP contribution in [0.5, 0.6) is 5.75 Å². The number of methoxy groups -OCH3 is 1. The smallest absolute Gasteiger partial charge is 0.329 e. The molecule has 0 spiro atoms. The molecular formula is C25H23IN4O4. The Morgan fingerprint density at radius 2 is 1.82 bits per heavy atom. The highest BCUT2D eigenvalue weighted by atomic mass is 127. The molecule has 8 nitrogen and oxygen atoms in total. The highest BCUT2D eigenvalue weighted by Crippen LogP contribution is 2.25. The van der Waals surface area contributed by atoms with Crippen molar-refractivity contribution in [2.75, 3.05) is 19.0 Å². The molecule has 4 amide bonds. The third-order valence-corrected chi connectivity index (χ3v) is 6.22. The van der Waals surface area contributed by atoms with Gasteiger partial charge in [0.2, 0.25) is 5.91 Å². The first kappa shape index (κ1) is 23.6. The first-order chi connectivity index (χ1) is 16.3. The lowest BCUT2D eigenvalue weighted by molar-refractivity contribution is -0.127. The van der Waals surface area contributed by atoms with Gasteiger partial charge < -0.3 is 19.9 Å². The third kappa shape index (κ3) is 4.69. The van der Waals surface area contributed by atoms with Gasteiger partial charge in [0.15, 0.2) is 0 Å². The zero-order valence-corrected chi connectivity index (χ0v) is 21.0. The van der Waals surface area contributed by atoms with Crippen molar-refractivity contribution in [3.63, 3.8) is 0 Å². The lowest BCUT2D eigenvalue weighted by atomic mass is 10.2. The number of aromatic nitrogens is 1. The molecule has 2 aromatic carbocycles. The van der Waals surface area contributed by atoms with E-state index in [9.17, 15) is 14.4 Å². The van der Waals surface area contributed by atoms with Gasteiger partial charge in [-0.25, -0.2) is 9.69 Å². The van der Waals surface area contributed by atoms with E-state index in [1.807, 2.05) is 44.2 Å². The standard InChI is InChI=1S/C25H23IN4O4/c1-15-12-17(16(2)30(15)19-10-8-18(26)9-11-19)13-21-24(32)29(25(33)28-21)14-23(31)27-20-6-4-5-7-22(20)34-3/h4-13H,14H2,1-3H3,(H,27,31)(H,28,33)/b21-13-. The van der Waals surface area contributed by atoms with E-state index in [0.29, 0.717) is 11.4 Å². The van der Waals surface area contributed by atoms with Crippen LogP contribution in [0.15, 0.2) is 60.3 Å². The maximum atomic E-state index is 12.9. The first-order valence-electron chi connectivity index (χ1n) is 10.5. The number of amides is 4. The number of nitrogens with zero attached hydrogens (tertiary/aromatic N) is 2. The van der Waals surface area contributed by atoms with E-state index in [4.69, 9.17) is 4.74 Å². The molecule has 3 aromatic rings. The second kappa shape index (κ2) is 9.72. The summed E-state index contributed by atoms with van der Waals surface area (Å²) in [6.45, 7) is 3.52. The zero-order valence-electron chi connectivity index (χ0n) is 18.9. The van der Waals surface area contributed by atoms with Crippen LogP contribution in [0.3, 0.4) is 0 Å². The first-order valence-corrected chi connectivity index (χ1v) is 11.6. The van der Waals surface area contributed by atoms with E-state index in [2.05, 4.69) is 37.8 Å². The summed E-state index contributed by atoms with van der Waals surface area (Å²) in [5.41, 5.74) is 4.33. The SMILES string of the molecule is COc1ccccc1NC(=O)CN1C(=O)N/C(=C\c2cc(C)n(-c3ccc(I)cc3)c2C)C1=O. The van der Waals surface area contributed by atoms with Crippen molar-refractivity contribution in [3.05, 3.63) is 80.8 Å². The van der Waals surface area contributed by atoms with Gasteiger partial charge in [0.25, 0.3) is 5.91 Å². The van der Waals surface area contributed by atoms with Crippen LogP contribution >= 0.6 is 22.6 Å². The number of anilines is 1. The number of halogens is 1. The molecule has 174 valence electrons. The van der Waals surface area contributed by atoms with Crippen LogP contribution in [0.1, 0.15) is 17.0 Å². The number of carbonyl (C=O) groups excluding carboxylic acids is 3. The Kier molecular flexibility index (Phi) is 6.73. The Morgan fingerprint density at radius 3 is 2.53 bits per heavy atom. The molecule has 1 aromatic heterocycles. The van der Waals surface area contributed by atoms with Gasteiger partial charge in [0, 0.05) is 20.6 Å². The Balaban J connectivity index is 1.53. The number of ether oxygens (including phenoxy) is 1. The Hall–Kier alpha value is -3.60. The fourth-order valence-corrected chi connectivity index (χ4v) is 4.23. The van der Waals surface area contributed by atoms with E-state index >= 15 is 0 Å². The Bertz CT molecular complexity index is 1310. The average molecular weight is 570 g/mol. The number of imide groups is 1. The molecule has 34 heavy (non-hydrogen) atoms. The maximum absolute atomic E-state index is 12.9. The van der Waals surface area contributed by atoms with Gasteiger partial charge in [-0.2, -0.15) is 0 Å². The number of urea groups is 1. The Labute approximate surface area is 210 Å². The van der Waals surface area contributed by atoms with E-state index in [1.165, 1.54) is 7.11 Å². The van der Waals surface area contributed by atoms with E-state index in [-0.39, 0.29) is 5.70 Å². The van der Waals surface area contributed by atoms with E-state index < -0.39 is 24.4 Å². The maximum Gasteiger partial charge on any atom is 0.329 e. The molecule has 2 N–H and O–H groups in total. The Morgan fingerprint density at radius 1 is 1.12 bits per heavy atom. The summed E-state index contributed by atoms with van der Waals surface area (Å²) in [5.74, 6) is -0.581. The van der Waals surface area contributed by atoms with Gasteiger partial charge >= 0.3 is 6.03 Å². The summed E-state index contributed by atoms with van der Waals surface area (Å²) in [4.78, 5) is 38.7. The van der Waals surface area contributed by atoms with E-state index in [1.54, 1.807) is 30.3 Å². The molecule has 0 unspecified atom stereocenters. The van der Waals surface area contributed by atoms with Crippen molar-refractivity contribution in [2.24, 2.45) is 0 Å². The van der Waals surface area contributed by atoms with Gasteiger partial charge in [-0.15, -0.1) is 0 Å². The van der Waals surface area contributed by atoms with Gasteiger partial charge in [-0.05, 0) is 90.5 Å². The molecule has 1 aliphatic heterocycles. The molecule has 2 heterocycles. The molecule has 1 aliphatic rings. The molecule has 0 radical (unpaired) electrons. The van der Waals surface area contributed by atoms with Crippen LogP contribution in [-0.4, -0.2) is 41.0 Å². The van der Waals surface area contributed by atoms with Crippen LogP contribution in [0, 0.1) is 17.4 Å². The molecular weight excluding hydrogens is 547 g/mol. The average Bonchev–Trinajstić information content (AvgIpc) is 3.24. The second-order valence-electron chi connectivity index (χ2n) is 7.77. The lowest BCUT2D eigenvalue weighted by Crippen LogP contribution is -2.38. The van der Waals surface area contributed by atoms with Crippen molar-refractivity contribution in [1.29, 1.82) is 0 Å². The van der Waals surface area contributed by atoms with Crippen molar-refractivity contribution >= 4 is 52.2 Å². The van der Waals surface area contributed by atoms with Crippen molar-refractivity contribution in [2.45, 2.75) is 13.8 Å². The van der Waals surface area contributed by atoms with Crippen molar-refractivity contribution in [3.8, 4) is 11.4 Å². The summed E-state index contributed by atoms with van der Waals surface area (Å²) in [6.07, 6.45) is 1.64. The predicted octanol–water partition coefficient (Wildman–Crippen LogP) is 4.24. The number of aryl methyl sites for hydroxylation is 1. The summed E-state index contributed by atoms with van der Waals surface area (Å²) < 4.78 is 8.44. The summed E-state index contributed by atoms with van der Waals surface area (Å²) in [5, 5.41) is 5.26. The normalized spacial score (nSPS) is 14.5. The minimum absolute atomic E-state index is 0.123. The van der Waals surface area contributed by atoms with Gasteiger partial charge in [-0.1, -0.05) is 12.1 Å². The van der Waals surface area contributed by atoms with Gasteiger partial charge in [-0.3, -0.25) is 9.59 Å². The molecule has 1 saturated heterocycles. The van der Waals surface area contributed by atoms with Crippen LogP contribution < -0.4 is 15.4 Å². The lowest BCUT2D eigenvalue weighted by Gasteiger charge is -2.13. The van der Waals surface area contributed by atoms with Crippen molar-refractivity contribution < 1.29 is 19.1 Å². The molecule has 0 atom stereocenters. The summed E-state index contributed by atoms with van der Waals surface area (Å²) in [7, 11) is 1.50. The third-order valence-electron chi connectivity index (χ3n) is 5.50. The molecule has 4 rings (SSSR count). The molecule has 9 heteroatoms.